The summed E-state index contributed by atoms with van der Waals surface area (Å²) in [5.41, 5.74) is 2.71. The summed E-state index contributed by atoms with van der Waals surface area (Å²) in [4.78, 5) is 0. The van der Waals surface area contributed by atoms with Gasteiger partial charge in [0.15, 0.2) is 0 Å². The summed E-state index contributed by atoms with van der Waals surface area (Å²) in [6.07, 6.45) is 8.31. The Morgan fingerprint density at radius 2 is 2.05 bits per heavy atom. The van der Waals surface area contributed by atoms with E-state index in [1.54, 1.807) is 0 Å². The van der Waals surface area contributed by atoms with E-state index < -0.39 is 0 Å². The van der Waals surface area contributed by atoms with Crippen molar-refractivity contribution >= 4 is 0 Å². The van der Waals surface area contributed by atoms with Crippen molar-refractivity contribution in [2.45, 2.75) is 57.2 Å². The third kappa shape index (κ3) is 2.76. The minimum atomic E-state index is -0.203. The number of hydrogen-bond donors (Lipinski definition) is 1. The fourth-order valence-electron chi connectivity index (χ4n) is 5.03. The molecule has 1 aromatic carbocycles. The molecule has 0 saturated heterocycles. The van der Waals surface area contributed by atoms with Crippen LogP contribution in [0.5, 0.6) is 0 Å². The van der Waals surface area contributed by atoms with Gasteiger partial charge in [-0.2, -0.15) is 0 Å². The van der Waals surface area contributed by atoms with Crippen molar-refractivity contribution < 1.29 is 9.84 Å². The van der Waals surface area contributed by atoms with Crippen molar-refractivity contribution in [1.82, 2.24) is 0 Å². The van der Waals surface area contributed by atoms with Crippen LogP contribution in [0.15, 0.2) is 24.3 Å². The maximum atomic E-state index is 10.5. The highest BCUT2D eigenvalue weighted by Crippen LogP contribution is 2.50. The van der Waals surface area contributed by atoms with Gasteiger partial charge < -0.3 is 9.84 Å². The molecule has 1 aromatic rings. The van der Waals surface area contributed by atoms with Crippen molar-refractivity contribution in [3.63, 3.8) is 0 Å². The number of ether oxygens (including phenoxy) is 1. The normalized spacial score (nSPS) is 35.7. The minimum absolute atomic E-state index is 0.101. The molecule has 2 bridgehead atoms. The first-order valence-corrected chi connectivity index (χ1v) is 8.67. The predicted molar refractivity (Wildman–Crippen MR) is 83.0 cm³/mol. The molecule has 2 saturated carbocycles. The molecule has 21 heavy (non-hydrogen) atoms. The van der Waals surface area contributed by atoms with E-state index in [9.17, 15) is 5.11 Å². The van der Waals surface area contributed by atoms with Gasteiger partial charge in [-0.1, -0.05) is 30.7 Å². The first-order chi connectivity index (χ1) is 10.3. The summed E-state index contributed by atoms with van der Waals surface area (Å²) in [7, 11) is 0. The Kier molecular flexibility index (Phi) is 3.76. The molecule has 2 heteroatoms. The Balaban J connectivity index is 1.38. The number of benzene rings is 1. The predicted octanol–water partition coefficient (Wildman–Crippen LogP) is 3.88. The van der Waals surface area contributed by atoms with Gasteiger partial charge in [-0.25, -0.2) is 0 Å². The molecule has 3 aliphatic rings. The Hall–Kier alpha value is -0.860. The summed E-state index contributed by atoms with van der Waals surface area (Å²) >= 11 is 0. The van der Waals surface area contributed by atoms with Gasteiger partial charge in [0.1, 0.15) is 0 Å². The SMILES string of the molecule is OC(CC1OCCc2ccccc21)CC1CC2CCC1C2. The third-order valence-electron chi connectivity index (χ3n) is 6.04. The van der Waals surface area contributed by atoms with Crippen LogP contribution in [0.4, 0.5) is 0 Å². The molecule has 5 atom stereocenters. The number of aliphatic hydroxyl groups excluding tert-OH is 1. The highest BCUT2D eigenvalue weighted by atomic mass is 16.5. The molecule has 2 nitrogen and oxygen atoms in total. The third-order valence-corrected chi connectivity index (χ3v) is 6.04. The molecular weight excluding hydrogens is 260 g/mol. The topological polar surface area (TPSA) is 29.5 Å². The summed E-state index contributed by atoms with van der Waals surface area (Å²) in [6.45, 7) is 0.794. The zero-order chi connectivity index (χ0) is 14.2. The molecule has 1 heterocycles. The van der Waals surface area contributed by atoms with Crippen LogP contribution in [0.3, 0.4) is 0 Å². The zero-order valence-electron chi connectivity index (χ0n) is 12.7. The summed E-state index contributed by atoms with van der Waals surface area (Å²) < 4.78 is 5.94. The van der Waals surface area contributed by atoms with Crippen molar-refractivity contribution in [1.29, 1.82) is 0 Å². The fourth-order valence-corrected chi connectivity index (χ4v) is 5.03. The van der Waals surface area contributed by atoms with Crippen LogP contribution in [-0.4, -0.2) is 17.8 Å². The Labute approximate surface area is 127 Å². The largest absolute Gasteiger partial charge is 0.393 e. The van der Waals surface area contributed by atoms with Gasteiger partial charge in [-0.3, -0.25) is 0 Å². The molecule has 0 aromatic heterocycles. The van der Waals surface area contributed by atoms with E-state index in [4.69, 9.17) is 4.74 Å². The van der Waals surface area contributed by atoms with Gasteiger partial charge in [0.25, 0.3) is 0 Å². The van der Waals surface area contributed by atoms with Crippen molar-refractivity contribution in [2.24, 2.45) is 17.8 Å². The van der Waals surface area contributed by atoms with Gasteiger partial charge >= 0.3 is 0 Å². The van der Waals surface area contributed by atoms with Crippen LogP contribution in [0.1, 0.15) is 55.8 Å². The lowest BCUT2D eigenvalue weighted by atomic mass is 9.83. The molecule has 0 amide bonds. The van der Waals surface area contributed by atoms with E-state index >= 15 is 0 Å². The van der Waals surface area contributed by atoms with Gasteiger partial charge in [0.2, 0.25) is 0 Å². The van der Waals surface area contributed by atoms with E-state index in [1.807, 2.05) is 0 Å². The summed E-state index contributed by atoms with van der Waals surface area (Å²) in [6, 6.07) is 8.56. The zero-order valence-corrected chi connectivity index (χ0v) is 12.7. The van der Waals surface area contributed by atoms with E-state index in [-0.39, 0.29) is 12.2 Å². The minimum Gasteiger partial charge on any atom is -0.393 e. The van der Waals surface area contributed by atoms with Crippen molar-refractivity contribution in [2.75, 3.05) is 6.61 Å². The lowest BCUT2D eigenvalue weighted by Crippen LogP contribution is -2.24. The molecular formula is C19H26O2. The summed E-state index contributed by atoms with van der Waals surface area (Å²) in [5.74, 6) is 2.65. The lowest BCUT2D eigenvalue weighted by Gasteiger charge is -2.30. The standard InChI is InChI=1S/C19H26O2/c20-17(11-16-10-13-5-6-15(16)9-13)12-19-18-4-2-1-3-14(18)7-8-21-19/h1-4,13,15-17,19-20H,5-12H2. The average molecular weight is 286 g/mol. The van der Waals surface area contributed by atoms with Crippen LogP contribution >= 0.6 is 0 Å². The number of aliphatic hydroxyl groups is 1. The van der Waals surface area contributed by atoms with Crippen molar-refractivity contribution in [3.05, 3.63) is 35.4 Å². The molecule has 5 unspecified atom stereocenters. The smallest absolute Gasteiger partial charge is 0.0852 e. The second kappa shape index (κ2) is 5.73. The summed E-state index contributed by atoms with van der Waals surface area (Å²) in [5, 5.41) is 10.5. The molecule has 0 spiro atoms. The molecule has 4 rings (SSSR count). The molecule has 0 radical (unpaired) electrons. The number of hydrogen-bond acceptors (Lipinski definition) is 2. The van der Waals surface area contributed by atoms with E-state index in [0.717, 1.165) is 43.6 Å². The Bertz CT molecular complexity index is 498. The quantitative estimate of drug-likeness (QED) is 0.910. The van der Waals surface area contributed by atoms with Crippen LogP contribution in [0.2, 0.25) is 0 Å². The average Bonchev–Trinajstić information content (AvgIpc) is 3.10. The second-order valence-corrected chi connectivity index (χ2v) is 7.37. The number of fused-ring (bicyclic) bond motifs is 3. The Morgan fingerprint density at radius 3 is 2.86 bits per heavy atom. The van der Waals surface area contributed by atoms with E-state index in [2.05, 4.69) is 24.3 Å². The Morgan fingerprint density at radius 1 is 1.14 bits per heavy atom. The van der Waals surface area contributed by atoms with Crippen LogP contribution < -0.4 is 0 Å². The molecule has 114 valence electrons. The monoisotopic (exact) mass is 286 g/mol. The van der Waals surface area contributed by atoms with Crippen molar-refractivity contribution in [3.8, 4) is 0 Å². The second-order valence-electron chi connectivity index (χ2n) is 7.37. The number of rotatable bonds is 4. The van der Waals surface area contributed by atoms with Gasteiger partial charge in [0, 0.05) is 6.42 Å². The maximum Gasteiger partial charge on any atom is 0.0852 e. The van der Waals surface area contributed by atoms with Gasteiger partial charge in [-0.15, -0.1) is 0 Å². The molecule has 2 aliphatic carbocycles. The van der Waals surface area contributed by atoms with Crippen LogP contribution in [0, 0.1) is 17.8 Å². The highest BCUT2D eigenvalue weighted by Gasteiger charge is 2.40. The van der Waals surface area contributed by atoms with E-state index in [0.29, 0.717) is 0 Å². The molecule has 1 aliphatic heterocycles. The van der Waals surface area contributed by atoms with Gasteiger partial charge in [-0.05, 0) is 61.0 Å². The van der Waals surface area contributed by atoms with E-state index in [1.165, 1.54) is 36.8 Å². The van der Waals surface area contributed by atoms with Crippen LogP contribution in [0.25, 0.3) is 0 Å². The lowest BCUT2D eigenvalue weighted by molar-refractivity contribution is -0.00340. The molecule has 2 fully saturated rings. The highest BCUT2D eigenvalue weighted by molar-refractivity contribution is 5.30. The van der Waals surface area contributed by atoms with Crippen LogP contribution in [-0.2, 0) is 11.2 Å². The maximum absolute atomic E-state index is 10.5. The first-order valence-electron chi connectivity index (χ1n) is 8.67. The van der Waals surface area contributed by atoms with Gasteiger partial charge in [0.05, 0.1) is 18.8 Å². The fraction of sp³-hybridized carbons (Fsp3) is 0.684. The molecule has 1 N–H and O–H groups in total. The first kappa shape index (κ1) is 13.8.